The largest absolute Gasteiger partial charge is 0.370 e. The van der Waals surface area contributed by atoms with Crippen LogP contribution in [0, 0.1) is 5.82 Å². The number of pyridine rings is 1. The zero-order chi connectivity index (χ0) is 23.1. The predicted octanol–water partition coefficient (Wildman–Crippen LogP) is 3.21. The summed E-state index contributed by atoms with van der Waals surface area (Å²) in [4.78, 5) is 31.6. The lowest BCUT2D eigenvalue weighted by Crippen LogP contribution is -2.54. The third kappa shape index (κ3) is 3.87. The first-order chi connectivity index (χ1) is 15.9. The van der Waals surface area contributed by atoms with Gasteiger partial charge in [0.1, 0.15) is 11.5 Å². The van der Waals surface area contributed by atoms with Crippen molar-refractivity contribution in [2.24, 2.45) is 0 Å². The highest BCUT2D eigenvalue weighted by molar-refractivity contribution is 6.33. The molecule has 0 spiro atoms. The SMILES string of the molecule is CN1C(=O)CCc2c1ccc(-c1[nH]ncc1COC1CN(C(=O)c3ncccc3Cl)C1)c2F. The lowest BCUT2D eigenvalue weighted by molar-refractivity contribution is -0.118. The number of halogens is 2. The summed E-state index contributed by atoms with van der Waals surface area (Å²) >= 11 is 6.06. The number of amides is 2. The summed E-state index contributed by atoms with van der Waals surface area (Å²) in [5.74, 6) is -0.613. The maximum absolute atomic E-state index is 15.3. The average Bonchev–Trinajstić information content (AvgIpc) is 3.24. The summed E-state index contributed by atoms with van der Waals surface area (Å²) in [5, 5.41) is 7.25. The summed E-state index contributed by atoms with van der Waals surface area (Å²) < 4.78 is 21.3. The van der Waals surface area contributed by atoms with Gasteiger partial charge in [0.15, 0.2) is 0 Å². The van der Waals surface area contributed by atoms with Crippen molar-refractivity contribution in [3.8, 4) is 11.3 Å². The van der Waals surface area contributed by atoms with Crippen LogP contribution in [0.25, 0.3) is 11.3 Å². The fourth-order valence-corrected chi connectivity index (χ4v) is 4.36. The second-order valence-electron chi connectivity index (χ2n) is 8.12. The molecule has 2 aliphatic heterocycles. The molecule has 8 nitrogen and oxygen atoms in total. The van der Waals surface area contributed by atoms with E-state index in [1.54, 1.807) is 42.4 Å². The van der Waals surface area contributed by atoms with E-state index >= 15 is 4.39 Å². The van der Waals surface area contributed by atoms with Crippen LogP contribution in [0.2, 0.25) is 5.02 Å². The smallest absolute Gasteiger partial charge is 0.274 e. The van der Waals surface area contributed by atoms with Crippen LogP contribution in [0.5, 0.6) is 0 Å². The predicted molar refractivity (Wildman–Crippen MR) is 119 cm³/mol. The van der Waals surface area contributed by atoms with E-state index in [4.69, 9.17) is 16.3 Å². The molecule has 1 fully saturated rings. The molecule has 0 aliphatic carbocycles. The van der Waals surface area contributed by atoms with Crippen LogP contribution in [0.3, 0.4) is 0 Å². The molecular formula is C23H21ClFN5O3. The Morgan fingerprint density at radius 2 is 2.12 bits per heavy atom. The quantitative estimate of drug-likeness (QED) is 0.619. The molecular weight excluding hydrogens is 449 g/mol. The van der Waals surface area contributed by atoms with Gasteiger partial charge < -0.3 is 14.5 Å². The molecule has 0 radical (unpaired) electrons. The fraction of sp³-hybridized carbons (Fsp3) is 0.304. The summed E-state index contributed by atoms with van der Waals surface area (Å²) in [7, 11) is 1.66. The number of nitrogens with one attached hydrogen (secondary N) is 1. The minimum Gasteiger partial charge on any atom is -0.370 e. The number of nitrogens with zero attached hydrogens (tertiary/aromatic N) is 4. The van der Waals surface area contributed by atoms with Gasteiger partial charge in [0.05, 0.1) is 29.6 Å². The number of anilines is 1. The number of H-pyrrole nitrogens is 1. The summed E-state index contributed by atoms with van der Waals surface area (Å²) in [6.07, 6.45) is 3.64. The highest BCUT2D eigenvalue weighted by Crippen LogP contribution is 2.35. The van der Waals surface area contributed by atoms with E-state index in [2.05, 4.69) is 15.2 Å². The highest BCUT2D eigenvalue weighted by Gasteiger charge is 2.34. The number of likely N-dealkylation sites (tertiary alicyclic amines) is 1. The second-order valence-corrected chi connectivity index (χ2v) is 8.53. The van der Waals surface area contributed by atoms with Crippen molar-refractivity contribution in [2.45, 2.75) is 25.6 Å². The van der Waals surface area contributed by atoms with Gasteiger partial charge in [-0.25, -0.2) is 9.37 Å². The van der Waals surface area contributed by atoms with Crippen LogP contribution in [0.15, 0.2) is 36.7 Å². The van der Waals surface area contributed by atoms with Gasteiger partial charge in [0, 0.05) is 55.1 Å². The van der Waals surface area contributed by atoms with E-state index in [1.165, 1.54) is 11.1 Å². The number of hydrogen-bond acceptors (Lipinski definition) is 5. The fourth-order valence-electron chi connectivity index (χ4n) is 4.15. The zero-order valence-electron chi connectivity index (χ0n) is 17.8. The molecule has 1 saturated heterocycles. The van der Waals surface area contributed by atoms with E-state index in [-0.39, 0.29) is 42.5 Å². The number of ether oxygens (including phenoxy) is 1. The van der Waals surface area contributed by atoms with Gasteiger partial charge in [0.25, 0.3) is 5.91 Å². The third-order valence-corrected chi connectivity index (χ3v) is 6.41. The molecule has 0 atom stereocenters. The van der Waals surface area contributed by atoms with Gasteiger partial charge in [-0.3, -0.25) is 14.7 Å². The van der Waals surface area contributed by atoms with Crippen LogP contribution in [0.4, 0.5) is 10.1 Å². The van der Waals surface area contributed by atoms with Crippen LogP contribution in [-0.2, 0) is 22.6 Å². The molecule has 0 saturated carbocycles. The number of rotatable bonds is 5. The molecule has 4 heterocycles. The van der Waals surface area contributed by atoms with Gasteiger partial charge in [-0.2, -0.15) is 5.10 Å². The van der Waals surface area contributed by atoms with E-state index in [0.717, 1.165) is 0 Å². The Morgan fingerprint density at radius 3 is 2.91 bits per heavy atom. The van der Waals surface area contributed by atoms with E-state index in [9.17, 15) is 9.59 Å². The van der Waals surface area contributed by atoms with Crippen LogP contribution < -0.4 is 4.90 Å². The Morgan fingerprint density at radius 1 is 1.30 bits per heavy atom. The van der Waals surface area contributed by atoms with Crippen molar-refractivity contribution in [3.63, 3.8) is 0 Å². The normalized spacial score (nSPS) is 16.0. The molecule has 10 heteroatoms. The maximum atomic E-state index is 15.3. The molecule has 170 valence electrons. The van der Waals surface area contributed by atoms with Crippen LogP contribution in [0.1, 0.15) is 28.0 Å². The van der Waals surface area contributed by atoms with Gasteiger partial charge in [-0.1, -0.05) is 11.6 Å². The van der Waals surface area contributed by atoms with Crippen molar-refractivity contribution in [2.75, 3.05) is 25.0 Å². The lowest BCUT2D eigenvalue weighted by atomic mass is 9.96. The number of aromatic amines is 1. The van der Waals surface area contributed by atoms with Crippen molar-refractivity contribution < 1.29 is 18.7 Å². The molecule has 5 rings (SSSR count). The van der Waals surface area contributed by atoms with Gasteiger partial charge >= 0.3 is 0 Å². The highest BCUT2D eigenvalue weighted by atomic mass is 35.5. The van der Waals surface area contributed by atoms with E-state index < -0.39 is 0 Å². The first-order valence-corrected chi connectivity index (χ1v) is 10.9. The van der Waals surface area contributed by atoms with Crippen LogP contribution in [-0.4, -0.2) is 58.1 Å². The van der Waals surface area contributed by atoms with Crippen molar-refractivity contribution in [3.05, 3.63) is 64.3 Å². The Balaban J connectivity index is 1.25. The minimum atomic E-state index is -0.356. The number of fused-ring (bicyclic) bond motifs is 1. The molecule has 2 aromatic heterocycles. The second kappa shape index (κ2) is 8.57. The van der Waals surface area contributed by atoms with Crippen molar-refractivity contribution in [1.29, 1.82) is 0 Å². The van der Waals surface area contributed by atoms with E-state index in [1.807, 2.05) is 0 Å². The lowest BCUT2D eigenvalue weighted by Gasteiger charge is -2.38. The molecule has 0 bridgehead atoms. The minimum absolute atomic E-state index is 0.0244. The molecule has 33 heavy (non-hydrogen) atoms. The zero-order valence-corrected chi connectivity index (χ0v) is 18.6. The number of carbonyl (C=O) groups excluding carboxylic acids is 2. The Bertz CT molecular complexity index is 1240. The van der Waals surface area contributed by atoms with Crippen molar-refractivity contribution >= 4 is 29.1 Å². The molecule has 1 aromatic carbocycles. The van der Waals surface area contributed by atoms with Gasteiger partial charge in [0.2, 0.25) is 5.91 Å². The maximum Gasteiger partial charge on any atom is 0.274 e. The first-order valence-electron chi connectivity index (χ1n) is 10.6. The summed E-state index contributed by atoms with van der Waals surface area (Å²) in [6.45, 7) is 1.07. The number of hydrogen-bond donors (Lipinski definition) is 1. The Labute approximate surface area is 194 Å². The average molecular weight is 470 g/mol. The molecule has 0 unspecified atom stereocenters. The topological polar surface area (TPSA) is 91.4 Å². The number of carbonyl (C=O) groups is 2. The third-order valence-electron chi connectivity index (χ3n) is 6.10. The molecule has 2 amide bonds. The standard InChI is InChI=1S/C23H21ClFN5O3/c1-29-18-6-4-16(20(25)15(18)5-7-19(29)31)21-13(9-27-28-21)12-33-14-10-30(11-14)23(32)22-17(24)3-2-8-26-22/h2-4,6,8-9,14H,5,7,10-12H2,1H3,(H,27,28). The van der Waals surface area contributed by atoms with Crippen molar-refractivity contribution in [1.82, 2.24) is 20.1 Å². The monoisotopic (exact) mass is 469 g/mol. The molecule has 2 aliphatic rings. The summed E-state index contributed by atoms with van der Waals surface area (Å²) in [5.41, 5.74) is 3.00. The number of benzene rings is 1. The van der Waals surface area contributed by atoms with Crippen LogP contribution >= 0.6 is 11.6 Å². The Hall–Kier alpha value is -3.30. The van der Waals surface area contributed by atoms with Gasteiger partial charge in [-0.15, -0.1) is 0 Å². The molecule has 1 N–H and O–H groups in total. The summed E-state index contributed by atoms with van der Waals surface area (Å²) in [6, 6.07) is 6.72. The number of aromatic nitrogens is 3. The van der Waals surface area contributed by atoms with Gasteiger partial charge in [-0.05, 0) is 30.7 Å². The van der Waals surface area contributed by atoms with E-state index in [0.29, 0.717) is 52.6 Å². The Kier molecular flexibility index (Phi) is 5.59. The first kappa shape index (κ1) is 21.5. The molecule has 3 aromatic rings.